The summed E-state index contributed by atoms with van der Waals surface area (Å²) >= 11 is 0. The van der Waals surface area contributed by atoms with Gasteiger partial charge in [-0.3, -0.25) is 62.3 Å². The molecule has 0 fully saturated rings. The summed E-state index contributed by atoms with van der Waals surface area (Å²) in [5, 5.41) is 84.8. The summed E-state index contributed by atoms with van der Waals surface area (Å²) < 4.78 is 0. The van der Waals surface area contributed by atoms with Crippen LogP contribution in [-0.4, -0.2) is 180 Å². The van der Waals surface area contributed by atoms with E-state index < -0.39 is 195 Å². The number of benzene rings is 1. The van der Waals surface area contributed by atoms with Crippen molar-refractivity contribution in [1.29, 1.82) is 0 Å². The van der Waals surface area contributed by atoms with Gasteiger partial charge < -0.3 is 89.7 Å². The Bertz CT molecular complexity index is 2370. The van der Waals surface area contributed by atoms with Crippen molar-refractivity contribution in [3.63, 3.8) is 0 Å². The third-order valence-electron chi connectivity index (χ3n) is 12.0. The Morgan fingerprint density at radius 3 is 1.31 bits per heavy atom. The molecule has 31 nitrogen and oxygen atoms in total. The standard InChI is InChI=1S/C49H74N10O21/c1-5-24(4)40(59-47(77)33(21-38(67)68)56-42(72)28(8-6-7-17-50)52-41(71)27(51)20-37(65)66)48(78)57-32(19-25-9-11-26(60)12-10-25)46(76)54-29(13-15-35(61)62)43(73)53-30(14-16-36(63)64)44(74)55-31(18-23(2)3)45(75)58-34(49(79)80)22-39(69)70/h9-12,23-24,27-34,40,60H,5-8,13-22,50-51H2,1-4H3,(H,52,71)(H,53,73)(H,54,76)(H,55,74)(H,56,72)(H,57,78)(H,58,75)(H,59,77)(H,61,62)(H,63,64)(H,65,66)(H,67,68)(H,69,70)(H,79,80)/t24-,27-,28-,29-,30-,31-,32-,33-,34-,40-/m0/s1. The minimum atomic E-state index is -1.94. The number of hydrogen-bond donors (Lipinski definition) is 17. The number of nitrogens with one attached hydrogen (secondary N) is 8. The zero-order chi connectivity index (χ0) is 61.0. The second kappa shape index (κ2) is 35.1. The molecule has 0 unspecified atom stereocenters. The van der Waals surface area contributed by atoms with Gasteiger partial charge in [0.1, 0.15) is 54.1 Å². The molecule has 19 N–H and O–H groups in total. The second-order valence-corrected chi connectivity index (χ2v) is 19.2. The lowest BCUT2D eigenvalue weighted by Crippen LogP contribution is -2.61. The van der Waals surface area contributed by atoms with E-state index in [2.05, 4.69) is 37.2 Å². The van der Waals surface area contributed by atoms with Gasteiger partial charge >= 0.3 is 35.8 Å². The fraction of sp³-hybridized carbons (Fsp3) is 0.592. The quantitative estimate of drug-likeness (QED) is 0.0286. The highest BCUT2D eigenvalue weighted by molar-refractivity contribution is 5.99. The first-order valence-electron chi connectivity index (χ1n) is 25.4. The number of amides is 8. The Labute approximate surface area is 458 Å². The zero-order valence-corrected chi connectivity index (χ0v) is 44.6. The fourth-order valence-electron chi connectivity index (χ4n) is 7.51. The maximum atomic E-state index is 14.4. The van der Waals surface area contributed by atoms with E-state index in [9.17, 15) is 92.7 Å². The van der Waals surface area contributed by atoms with Crippen molar-refractivity contribution in [2.24, 2.45) is 23.3 Å². The van der Waals surface area contributed by atoms with Gasteiger partial charge in [0.25, 0.3) is 0 Å². The van der Waals surface area contributed by atoms with E-state index in [0.717, 1.165) is 0 Å². The lowest BCUT2D eigenvalue weighted by molar-refractivity contribution is -0.147. The number of aromatic hydroxyl groups is 1. The van der Waals surface area contributed by atoms with E-state index >= 15 is 0 Å². The summed E-state index contributed by atoms with van der Waals surface area (Å²) in [6, 6.07) is -10.5. The average Bonchev–Trinajstić information content (AvgIpc) is 3.36. The molecule has 10 atom stereocenters. The van der Waals surface area contributed by atoms with Crippen molar-refractivity contribution in [3.8, 4) is 5.75 Å². The van der Waals surface area contributed by atoms with Gasteiger partial charge in [0.05, 0.1) is 25.3 Å². The van der Waals surface area contributed by atoms with Crippen LogP contribution < -0.4 is 54.0 Å². The highest BCUT2D eigenvalue weighted by Gasteiger charge is 2.37. The van der Waals surface area contributed by atoms with Gasteiger partial charge in [0.2, 0.25) is 47.3 Å². The molecule has 1 aromatic rings. The molecular weight excluding hydrogens is 1060 g/mol. The van der Waals surface area contributed by atoms with Gasteiger partial charge in [-0.15, -0.1) is 0 Å². The Morgan fingerprint density at radius 1 is 0.463 bits per heavy atom. The van der Waals surface area contributed by atoms with Crippen LogP contribution in [0.3, 0.4) is 0 Å². The highest BCUT2D eigenvalue weighted by Crippen LogP contribution is 2.16. The number of hydrogen-bond acceptors (Lipinski definition) is 17. The van der Waals surface area contributed by atoms with E-state index in [4.69, 9.17) is 21.7 Å². The summed E-state index contributed by atoms with van der Waals surface area (Å²) in [5.74, 6) is -20.0. The van der Waals surface area contributed by atoms with Crippen molar-refractivity contribution in [2.45, 2.75) is 166 Å². The van der Waals surface area contributed by atoms with Crippen molar-refractivity contribution in [2.75, 3.05) is 6.54 Å². The van der Waals surface area contributed by atoms with Gasteiger partial charge in [0.15, 0.2) is 0 Å². The van der Waals surface area contributed by atoms with Crippen LogP contribution >= 0.6 is 0 Å². The molecule has 0 spiro atoms. The third kappa shape index (κ3) is 26.7. The predicted octanol–water partition coefficient (Wildman–Crippen LogP) is -3.40. The van der Waals surface area contributed by atoms with E-state index in [-0.39, 0.29) is 49.5 Å². The van der Waals surface area contributed by atoms with E-state index in [1.54, 1.807) is 20.8 Å². The van der Waals surface area contributed by atoms with Gasteiger partial charge in [-0.1, -0.05) is 46.2 Å². The molecule has 0 saturated heterocycles. The molecule has 8 amide bonds. The Morgan fingerprint density at radius 2 is 0.863 bits per heavy atom. The largest absolute Gasteiger partial charge is 0.508 e. The Balaban J connectivity index is 3.72. The van der Waals surface area contributed by atoms with E-state index in [1.165, 1.54) is 31.2 Å². The number of phenols is 1. The lowest BCUT2D eigenvalue weighted by atomic mass is 9.96. The number of carboxylic acids is 6. The minimum Gasteiger partial charge on any atom is -0.508 e. The monoisotopic (exact) mass is 1140 g/mol. The van der Waals surface area contributed by atoms with Crippen molar-refractivity contribution >= 4 is 83.1 Å². The van der Waals surface area contributed by atoms with Crippen LogP contribution in [0.25, 0.3) is 0 Å². The molecule has 1 aromatic carbocycles. The van der Waals surface area contributed by atoms with Crippen LogP contribution in [0.4, 0.5) is 0 Å². The zero-order valence-electron chi connectivity index (χ0n) is 44.6. The molecular formula is C49H74N10O21. The summed E-state index contributed by atoms with van der Waals surface area (Å²) in [7, 11) is 0. The Hall–Kier alpha value is -8.48. The summed E-state index contributed by atoms with van der Waals surface area (Å²) in [4.78, 5) is 180. The molecule has 0 aliphatic heterocycles. The molecule has 0 radical (unpaired) electrons. The van der Waals surface area contributed by atoms with E-state index in [1.807, 2.05) is 5.32 Å². The normalized spacial score (nSPS) is 14.7. The van der Waals surface area contributed by atoms with Crippen LogP contribution in [0, 0.1) is 11.8 Å². The lowest BCUT2D eigenvalue weighted by Gasteiger charge is -2.29. The van der Waals surface area contributed by atoms with Crippen molar-refractivity contribution in [3.05, 3.63) is 29.8 Å². The van der Waals surface area contributed by atoms with Crippen LogP contribution in [0.2, 0.25) is 0 Å². The second-order valence-electron chi connectivity index (χ2n) is 19.2. The van der Waals surface area contributed by atoms with Gasteiger partial charge in [-0.2, -0.15) is 0 Å². The molecule has 0 aromatic heterocycles. The van der Waals surface area contributed by atoms with Crippen LogP contribution in [-0.2, 0) is 73.5 Å². The number of nitrogens with two attached hydrogens (primary N) is 2. The maximum absolute atomic E-state index is 14.4. The number of carbonyl (C=O) groups excluding carboxylic acids is 8. The van der Waals surface area contributed by atoms with E-state index in [0.29, 0.717) is 6.42 Å². The summed E-state index contributed by atoms with van der Waals surface area (Å²) in [6.45, 7) is 6.47. The Kier molecular flexibility index (Phi) is 30.5. The van der Waals surface area contributed by atoms with Gasteiger partial charge in [0, 0.05) is 19.3 Å². The highest BCUT2D eigenvalue weighted by atomic mass is 16.4. The first-order chi connectivity index (χ1) is 37.4. The molecule has 0 aliphatic rings. The minimum absolute atomic E-state index is 0.118. The van der Waals surface area contributed by atoms with Crippen molar-refractivity contribution in [1.82, 2.24) is 42.5 Å². The number of rotatable bonds is 39. The smallest absolute Gasteiger partial charge is 0.326 e. The number of aliphatic carboxylic acids is 6. The molecule has 0 bridgehead atoms. The maximum Gasteiger partial charge on any atom is 0.326 e. The third-order valence-corrected chi connectivity index (χ3v) is 12.0. The molecule has 0 aliphatic carbocycles. The van der Waals surface area contributed by atoms with Crippen molar-refractivity contribution < 1.29 is 103 Å². The topological polar surface area (TPSA) is 529 Å². The van der Waals surface area contributed by atoms with Crippen LogP contribution in [0.1, 0.15) is 110 Å². The SMILES string of the molecule is CC[C@H](C)[C@H](NC(=O)[C@H](CC(=O)O)NC(=O)[C@H](CCCCN)NC(=O)[C@@H](N)CC(=O)O)C(=O)N[C@@H](Cc1ccc(O)cc1)C(=O)N[C@@H](CCC(=O)O)C(=O)N[C@@H](CCC(=O)O)C(=O)N[C@@H](CC(C)C)C(=O)N[C@@H](CC(=O)O)C(=O)O. The van der Waals surface area contributed by atoms with Gasteiger partial charge in [-0.25, -0.2) is 4.79 Å². The average molecular weight is 1140 g/mol. The predicted molar refractivity (Wildman–Crippen MR) is 275 cm³/mol. The van der Waals surface area contributed by atoms with Crippen LogP contribution in [0.5, 0.6) is 5.75 Å². The van der Waals surface area contributed by atoms with Gasteiger partial charge in [-0.05, 0) is 74.6 Å². The number of carbonyl (C=O) groups is 14. The first-order valence-corrected chi connectivity index (χ1v) is 25.4. The first kappa shape index (κ1) is 69.5. The molecule has 80 heavy (non-hydrogen) atoms. The summed E-state index contributed by atoms with van der Waals surface area (Å²) in [5.41, 5.74) is 11.5. The number of phenolic OH excluding ortho intramolecular Hbond substituents is 1. The fourth-order valence-corrected chi connectivity index (χ4v) is 7.51. The molecule has 0 saturated carbocycles. The number of unbranched alkanes of at least 4 members (excludes halogenated alkanes) is 1. The summed E-state index contributed by atoms with van der Waals surface area (Å²) in [6.07, 6.45) is -5.94. The molecule has 1 rings (SSSR count). The number of carboxylic acid groups (broad SMARTS) is 6. The van der Waals surface area contributed by atoms with Crippen LogP contribution in [0.15, 0.2) is 24.3 Å². The molecule has 446 valence electrons. The molecule has 0 heterocycles. The molecule has 31 heteroatoms.